The second-order valence-corrected chi connectivity index (χ2v) is 11.7. The maximum Gasteiger partial charge on any atom is 0.350 e. The second-order valence-electron chi connectivity index (χ2n) is 10.7. The number of thiazole rings is 1. The third-order valence-electron chi connectivity index (χ3n) is 7.86. The van der Waals surface area contributed by atoms with Crippen LogP contribution in [0.15, 0.2) is 72.4 Å². The minimum atomic E-state index is -1.14. The van der Waals surface area contributed by atoms with Crippen molar-refractivity contribution < 1.29 is 33.7 Å². The van der Waals surface area contributed by atoms with Crippen LogP contribution in [0.5, 0.6) is 11.5 Å². The summed E-state index contributed by atoms with van der Waals surface area (Å²) in [5.74, 6) is -2.10. The number of aliphatic hydroxyl groups is 1. The van der Waals surface area contributed by atoms with Crippen molar-refractivity contribution in [3.05, 3.63) is 111 Å². The van der Waals surface area contributed by atoms with Crippen molar-refractivity contribution in [3.8, 4) is 11.5 Å². The predicted octanol–water partition coefficient (Wildman–Crippen LogP) is 5.72. The molecule has 0 radical (unpaired) electrons. The highest BCUT2D eigenvalue weighted by Gasteiger charge is 2.49. The lowest BCUT2D eigenvalue weighted by Crippen LogP contribution is -2.29. The number of methoxy groups -OCH3 is 2. The van der Waals surface area contributed by atoms with Gasteiger partial charge >= 0.3 is 11.9 Å². The van der Waals surface area contributed by atoms with Crippen LogP contribution in [0.4, 0.5) is 5.13 Å². The number of esters is 1. The number of ketones is 1. The maximum absolute atomic E-state index is 13.8. The van der Waals surface area contributed by atoms with E-state index in [2.05, 4.69) is 9.97 Å². The first-order valence-electron chi connectivity index (χ1n) is 14.3. The molecule has 6 rings (SSSR count). The summed E-state index contributed by atoms with van der Waals surface area (Å²) in [6, 6.07) is 17.3. The Kier molecular flexibility index (Phi) is 8.05. The predicted molar refractivity (Wildman–Crippen MR) is 171 cm³/mol. The number of imidazole rings is 1. The summed E-state index contributed by atoms with van der Waals surface area (Å²) in [4.78, 5) is 50.5. The first-order chi connectivity index (χ1) is 22.1. The quantitative estimate of drug-likeness (QED) is 0.0981. The summed E-state index contributed by atoms with van der Waals surface area (Å²) in [5, 5.41) is 11.9. The molecular formula is C34H30N4O7S. The van der Waals surface area contributed by atoms with Crippen molar-refractivity contribution in [2.45, 2.75) is 33.4 Å². The first kappa shape index (κ1) is 30.5. The zero-order valence-corrected chi connectivity index (χ0v) is 26.5. The number of aliphatic hydroxyl groups excluding tert-OH is 1. The lowest BCUT2D eigenvalue weighted by Gasteiger charge is -2.24. The standard InChI is InChI=1S/C34H30N4O7S/c1-18-10-9-15-37-20(3)26(36-31(18)37)28(39)25-27(38(32(41)29(25)40)34-35-19(2)30(46-34)33(42)44-5)22-13-14-23(24(16-22)43-4)45-17-21-11-7-6-8-12-21/h6-16,27,39H,17H2,1-5H3. The van der Waals surface area contributed by atoms with Crippen LogP contribution in [0.1, 0.15) is 49.5 Å². The first-order valence-corrected chi connectivity index (χ1v) is 15.1. The van der Waals surface area contributed by atoms with Crippen LogP contribution in [0, 0.1) is 20.8 Å². The molecule has 1 fully saturated rings. The Morgan fingerprint density at radius 1 is 0.978 bits per heavy atom. The van der Waals surface area contributed by atoms with Crippen molar-refractivity contribution in [1.29, 1.82) is 0 Å². The lowest BCUT2D eigenvalue weighted by atomic mass is 9.96. The number of carbonyl (C=O) groups excluding carboxylic acids is 3. The van der Waals surface area contributed by atoms with Gasteiger partial charge in [0, 0.05) is 6.20 Å². The normalized spacial score (nSPS) is 15.8. The van der Waals surface area contributed by atoms with Gasteiger partial charge < -0.3 is 23.7 Å². The minimum absolute atomic E-state index is 0.0926. The summed E-state index contributed by atoms with van der Waals surface area (Å²) < 4.78 is 18.4. The van der Waals surface area contributed by atoms with Gasteiger partial charge in [0.05, 0.1) is 37.2 Å². The fraction of sp³-hybridized carbons (Fsp3) is 0.206. The molecule has 5 aromatic rings. The number of fused-ring (bicyclic) bond motifs is 1. The number of amides is 1. The van der Waals surface area contributed by atoms with E-state index < -0.39 is 29.5 Å². The highest BCUT2D eigenvalue weighted by atomic mass is 32.1. The number of hydrogen-bond donors (Lipinski definition) is 1. The minimum Gasteiger partial charge on any atom is -0.505 e. The van der Waals surface area contributed by atoms with E-state index in [0.717, 1.165) is 22.5 Å². The molecule has 2 aromatic carbocycles. The van der Waals surface area contributed by atoms with Gasteiger partial charge in [-0.05, 0) is 55.7 Å². The molecule has 234 valence electrons. The van der Waals surface area contributed by atoms with E-state index >= 15 is 0 Å². The van der Waals surface area contributed by atoms with E-state index in [1.807, 2.05) is 60.0 Å². The molecule has 1 unspecified atom stereocenters. The molecule has 11 nitrogen and oxygen atoms in total. The van der Waals surface area contributed by atoms with Gasteiger partial charge in [-0.25, -0.2) is 14.8 Å². The van der Waals surface area contributed by atoms with E-state index in [0.29, 0.717) is 34.1 Å². The van der Waals surface area contributed by atoms with Crippen molar-refractivity contribution in [2.24, 2.45) is 0 Å². The van der Waals surface area contributed by atoms with Crippen LogP contribution in [-0.2, 0) is 20.9 Å². The largest absolute Gasteiger partial charge is 0.505 e. The maximum atomic E-state index is 13.8. The van der Waals surface area contributed by atoms with Gasteiger partial charge in [-0.2, -0.15) is 0 Å². The number of rotatable bonds is 8. The average molecular weight is 639 g/mol. The van der Waals surface area contributed by atoms with Crippen molar-refractivity contribution in [3.63, 3.8) is 0 Å². The van der Waals surface area contributed by atoms with Gasteiger partial charge in [0.1, 0.15) is 22.8 Å². The van der Waals surface area contributed by atoms with E-state index in [9.17, 15) is 19.5 Å². The Labute approximate surface area is 268 Å². The molecule has 1 aliphatic rings. The van der Waals surface area contributed by atoms with Gasteiger partial charge in [0.15, 0.2) is 22.4 Å². The number of nitrogens with zero attached hydrogens (tertiary/aromatic N) is 4. The molecule has 4 heterocycles. The topological polar surface area (TPSA) is 133 Å². The molecular weight excluding hydrogens is 608 g/mol. The summed E-state index contributed by atoms with van der Waals surface area (Å²) in [6.45, 7) is 5.56. The van der Waals surface area contributed by atoms with Gasteiger partial charge in [0.25, 0.3) is 5.78 Å². The highest BCUT2D eigenvalue weighted by Crippen LogP contribution is 2.46. The van der Waals surface area contributed by atoms with Crippen molar-refractivity contribution >= 4 is 45.5 Å². The fourth-order valence-electron chi connectivity index (χ4n) is 5.50. The number of ether oxygens (including phenoxy) is 3. The number of carbonyl (C=O) groups is 3. The van der Waals surface area contributed by atoms with Gasteiger partial charge in [0.2, 0.25) is 0 Å². The van der Waals surface area contributed by atoms with E-state index in [1.165, 1.54) is 19.1 Å². The van der Waals surface area contributed by atoms with E-state index in [4.69, 9.17) is 14.2 Å². The molecule has 0 aliphatic carbocycles. The Morgan fingerprint density at radius 2 is 1.74 bits per heavy atom. The monoisotopic (exact) mass is 638 g/mol. The fourth-order valence-corrected chi connectivity index (χ4v) is 6.51. The molecule has 3 aromatic heterocycles. The number of hydrogen-bond acceptors (Lipinski definition) is 10. The third kappa shape index (κ3) is 5.16. The summed E-state index contributed by atoms with van der Waals surface area (Å²) in [5.41, 5.74) is 3.77. The zero-order chi connectivity index (χ0) is 32.7. The van der Waals surface area contributed by atoms with Crippen LogP contribution in [0.25, 0.3) is 11.4 Å². The SMILES string of the molecule is COC(=O)c1sc(N2C(=O)C(=O)C(=C(O)c3nc4c(C)cccn4c3C)C2c2ccc(OCc3ccccc3)c(OC)c2)nc1C. The van der Waals surface area contributed by atoms with Crippen LogP contribution >= 0.6 is 11.3 Å². The molecule has 0 spiro atoms. The third-order valence-corrected chi connectivity index (χ3v) is 8.99. The smallest absolute Gasteiger partial charge is 0.350 e. The van der Waals surface area contributed by atoms with Crippen LogP contribution < -0.4 is 14.4 Å². The van der Waals surface area contributed by atoms with Gasteiger partial charge in [-0.3, -0.25) is 14.5 Å². The number of Topliss-reactive ketones (excluding diaryl/α,β-unsaturated/α-hetero) is 1. The zero-order valence-electron chi connectivity index (χ0n) is 25.7. The van der Waals surface area contributed by atoms with Crippen molar-refractivity contribution in [2.75, 3.05) is 19.1 Å². The molecule has 1 saturated heterocycles. The number of benzene rings is 2. The Bertz CT molecular complexity index is 2050. The summed E-state index contributed by atoms with van der Waals surface area (Å²) in [7, 11) is 2.74. The molecule has 1 aliphatic heterocycles. The van der Waals surface area contributed by atoms with Crippen LogP contribution in [-0.4, -0.2) is 51.4 Å². The molecule has 1 N–H and O–H groups in total. The molecule has 0 saturated carbocycles. The Hall–Kier alpha value is -5.49. The molecule has 1 amide bonds. The summed E-state index contributed by atoms with van der Waals surface area (Å²) in [6.07, 6.45) is 1.81. The molecule has 46 heavy (non-hydrogen) atoms. The molecule has 0 bridgehead atoms. The number of pyridine rings is 1. The highest BCUT2D eigenvalue weighted by molar-refractivity contribution is 7.17. The average Bonchev–Trinajstić information content (AvgIpc) is 3.71. The van der Waals surface area contributed by atoms with Crippen LogP contribution in [0.2, 0.25) is 0 Å². The van der Waals surface area contributed by atoms with Crippen LogP contribution in [0.3, 0.4) is 0 Å². The second kappa shape index (κ2) is 12.1. The van der Waals surface area contributed by atoms with Gasteiger partial charge in [-0.15, -0.1) is 0 Å². The van der Waals surface area contributed by atoms with E-state index in [-0.39, 0.29) is 27.9 Å². The number of aryl methyl sites for hydroxylation is 3. The van der Waals surface area contributed by atoms with Gasteiger partial charge in [-0.1, -0.05) is 53.8 Å². The lowest BCUT2D eigenvalue weighted by molar-refractivity contribution is -0.132. The van der Waals surface area contributed by atoms with Crippen molar-refractivity contribution in [1.82, 2.24) is 14.4 Å². The molecule has 1 atom stereocenters. The Morgan fingerprint density at radius 3 is 2.43 bits per heavy atom. The summed E-state index contributed by atoms with van der Waals surface area (Å²) >= 11 is 0.918. The van der Waals surface area contributed by atoms with E-state index in [1.54, 1.807) is 32.0 Å². The number of aromatic nitrogens is 3. The molecule has 12 heteroatoms. The number of anilines is 1. The Balaban J connectivity index is 1.52.